The first-order valence-electron chi connectivity index (χ1n) is 6.03. The number of hydrogen-bond donors (Lipinski definition) is 4. The molecule has 0 aliphatic rings. The zero-order valence-electron chi connectivity index (χ0n) is 11.0. The molecule has 0 bridgehead atoms. The Morgan fingerprint density at radius 3 is 2.68 bits per heavy atom. The molecule has 19 heavy (non-hydrogen) atoms. The van der Waals surface area contributed by atoms with Crippen LogP contribution in [0.3, 0.4) is 0 Å². The third kappa shape index (κ3) is 5.91. The van der Waals surface area contributed by atoms with Gasteiger partial charge in [0.25, 0.3) is 5.91 Å². The van der Waals surface area contributed by atoms with E-state index in [1.165, 1.54) is 6.26 Å². The second-order valence-corrected chi connectivity index (χ2v) is 4.52. The van der Waals surface area contributed by atoms with Gasteiger partial charge in [0, 0.05) is 0 Å². The molecule has 1 atom stereocenters. The fourth-order valence-electron chi connectivity index (χ4n) is 1.38. The Kier molecular flexibility index (Phi) is 5.87. The summed E-state index contributed by atoms with van der Waals surface area (Å²) in [6, 6.07) is 2.84. The van der Waals surface area contributed by atoms with Crippen molar-refractivity contribution in [1.82, 2.24) is 16.2 Å². The van der Waals surface area contributed by atoms with E-state index in [0.29, 0.717) is 12.2 Å². The van der Waals surface area contributed by atoms with Gasteiger partial charge in [-0.05, 0) is 24.5 Å². The molecule has 7 heteroatoms. The Bertz CT molecular complexity index is 403. The van der Waals surface area contributed by atoms with Gasteiger partial charge in [-0.25, -0.2) is 10.2 Å². The van der Waals surface area contributed by atoms with Gasteiger partial charge in [0.15, 0.2) is 0 Å². The van der Waals surface area contributed by atoms with Crippen molar-refractivity contribution in [3.8, 4) is 0 Å². The number of aliphatic hydroxyl groups is 1. The highest BCUT2D eigenvalue weighted by Gasteiger charge is 2.16. The summed E-state index contributed by atoms with van der Waals surface area (Å²) in [5, 5.41) is 12.0. The normalized spacial score (nSPS) is 12.0. The van der Waals surface area contributed by atoms with Crippen LogP contribution in [-0.4, -0.2) is 23.1 Å². The van der Waals surface area contributed by atoms with Gasteiger partial charge in [0.1, 0.15) is 11.9 Å². The third-order valence-corrected chi connectivity index (χ3v) is 2.30. The van der Waals surface area contributed by atoms with E-state index in [1.54, 1.807) is 12.1 Å². The maximum absolute atomic E-state index is 11.4. The lowest BCUT2D eigenvalue weighted by molar-refractivity contribution is -0.130. The third-order valence-electron chi connectivity index (χ3n) is 2.30. The molecule has 1 aromatic rings. The number of amides is 3. The summed E-state index contributed by atoms with van der Waals surface area (Å²) in [5.74, 6) is 0.150. The summed E-state index contributed by atoms with van der Waals surface area (Å²) in [7, 11) is 0. The topological polar surface area (TPSA) is 104 Å². The zero-order chi connectivity index (χ0) is 14.3. The van der Waals surface area contributed by atoms with Gasteiger partial charge >= 0.3 is 6.03 Å². The minimum absolute atomic E-state index is 0.188. The quantitative estimate of drug-likeness (QED) is 0.585. The highest BCUT2D eigenvalue weighted by atomic mass is 16.3. The van der Waals surface area contributed by atoms with Crippen LogP contribution in [0.5, 0.6) is 0 Å². The van der Waals surface area contributed by atoms with Crippen LogP contribution in [0.2, 0.25) is 0 Å². The van der Waals surface area contributed by atoms with Crippen molar-refractivity contribution in [2.75, 3.05) is 0 Å². The van der Waals surface area contributed by atoms with Crippen LogP contribution < -0.4 is 16.2 Å². The van der Waals surface area contributed by atoms with E-state index in [2.05, 4.69) is 16.2 Å². The molecule has 0 aliphatic heterocycles. The van der Waals surface area contributed by atoms with Crippen molar-refractivity contribution in [3.63, 3.8) is 0 Å². The van der Waals surface area contributed by atoms with Gasteiger partial charge in [0.05, 0.1) is 12.8 Å². The molecular formula is C12H19N3O4. The minimum Gasteiger partial charge on any atom is -0.467 e. The second kappa shape index (κ2) is 7.42. The summed E-state index contributed by atoms with van der Waals surface area (Å²) in [6.45, 7) is 3.99. The number of nitrogens with one attached hydrogen (secondary N) is 3. The van der Waals surface area contributed by atoms with Crippen LogP contribution in [0.1, 0.15) is 26.0 Å². The Hall–Kier alpha value is -2.02. The molecule has 4 N–H and O–H groups in total. The standard InChI is InChI=1S/C12H19N3O4/c1-8(2)6-10(16)11(17)14-15-12(18)13-7-9-4-3-5-19-9/h3-5,8,10,16H,6-7H2,1-2H3,(H,14,17)(H2,13,15,18). The highest BCUT2D eigenvalue weighted by molar-refractivity contribution is 5.83. The molecule has 0 radical (unpaired) electrons. The van der Waals surface area contributed by atoms with E-state index >= 15 is 0 Å². The van der Waals surface area contributed by atoms with Gasteiger partial charge in [-0.2, -0.15) is 0 Å². The Morgan fingerprint density at radius 1 is 1.37 bits per heavy atom. The van der Waals surface area contributed by atoms with Gasteiger partial charge in [-0.1, -0.05) is 13.8 Å². The van der Waals surface area contributed by atoms with Crippen LogP contribution in [0.4, 0.5) is 4.79 Å². The van der Waals surface area contributed by atoms with E-state index in [4.69, 9.17) is 4.42 Å². The van der Waals surface area contributed by atoms with Crippen molar-refractivity contribution in [1.29, 1.82) is 0 Å². The SMILES string of the molecule is CC(C)CC(O)C(=O)NNC(=O)NCc1ccco1. The van der Waals surface area contributed by atoms with E-state index in [9.17, 15) is 14.7 Å². The molecule has 1 heterocycles. The lowest BCUT2D eigenvalue weighted by atomic mass is 10.1. The van der Waals surface area contributed by atoms with Crippen molar-refractivity contribution in [2.24, 2.45) is 5.92 Å². The summed E-state index contributed by atoms with van der Waals surface area (Å²) >= 11 is 0. The Labute approximate surface area is 111 Å². The Morgan fingerprint density at radius 2 is 2.11 bits per heavy atom. The van der Waals surface area contributed by atoms with Crippen molar-refractivity contribution in [2.45, 2.75) is 32.9 Å². The number of carbonyl (C=O) groups is 2. The van der Waals surface area contributed by atoms with Crippen molar-refractivity contribution >= 4 is 11.9 Å². The molecule has 106 valence electrons. The summed E-state index contributed by atoms with van der Waals surface area (Å²) in [5.41, 5.74) is 4.28. The number of urea groups is 1. The van der Waals surface area contributed by atoms with Crippen molar-refractivity contribution < 1.29 is 19.1 Å². The fraction of sp³-hybridized carbons (Fsp3) is 0.500. The predicted octanol–water partition coefficient (Wildman–Crippen LogP) is 0.517. The fourth-order valence-corrected chi connectivity index (χ4v) is 1.38. The largest absolute Gasteiger partial charge is 0.467 e. The van der Waals surface area contributed by atoms with E-state index in [0.717, 1.165) is 0 Å². The lowest BCUT2D eigenvalue weighted by Crippen LogP contribution is -2.50. The molecule has 0 saturated carbocycles. The second-order valence-electron chi connectivity index (χ2n) is 4.52. The summed E-state index contributed by atoms with van der Waals surface area (Å²) < 4.78 is 5.02. The van der Waals surface area contributed by atoms with Crippen LogP contribution >= 0.6 is 0 Å². The summed E-state index contributed by atoms with van der Waals surface area (Å²) in [6.07, 6.45) is 0.700. The van der Waals surface area contributed by atoms with Crippen LogP contribution in [-0.2, 0) is 11.3 Å². The molecule has 0 aliphatic carbocycles. The number of hydrogen-bond acceptors (Lipinski definition) is 4. The maximum Gasteiger partial charge on any atom is 0.333 e. The number of hydrazine groups is 1. The van der Waals surface area contributed by atoms with E-state index < -0.39 is 18.0 Å². The number of furan rings is 1. The van der Waals surface area contributed by atoms with E-state index in [-0.39, 0.29) is 12.5 Å². The molecule has 0 fully saturated rings. The van der Waals surface area contributed by atoms with Gasteiger partial charge in [-0.15, -0.1) is 0 Å². The molecular weight excluding hydrogens is 250 g/mol. The van der Waals surface area contributed by atoms with Gasteiger partial charge in [-0.3, -0.25) is 10.2 Å². The van der Waals surface area contributed by atoms with Gasteiger partial charge < -0.3 is 14.8 Å². The molecule has 0 spiro atoms. The van der Waals surface area contributed by atoms with Crippen LogP contribution in [0.15, 0.2) is 22.8 Å². The average Bonchev–Trinajstić information content (AvgIpc) is 2.85. The monoisotopic (exact) mass is 269 g/mol. The molecule has 0 saturated heterocycles. The number of carbonyl (C=O) groups excluding carboxylic acids is 2. The first-order chi connectivity index (χ1) is 8.99. The Balaban J connectivity index is 2.20. The molecule has 1 aromatic heterocycles. The predicted molar refractivity (Wildman–Crippen MR) is 67.7 cm³/mol. The lowest BCUT2D eigenvalue weighted by Gasteiger charge is -2.13. The first-order valence-corrected chi connectivity index (χ1v) is 6.03. The molecule has 1 unspecified atom stereocenters. The average molecular weight is 269 g/mol. The molecule has 3 amide bonds. The molecule has 1 rings (SSSR count). The van der Waals surface area contributed by atoms with Crippen LogP contribution in [0.25, 0.3) is 0 Å². The minimum atomic E-state index is -1.13. The molecule has 0 aromatic carbocycles. The zero-order valence-corrected chi connectivity index (χ0v) is 11.0. The smallest absolute Gasteiger partial charge is 0.333 e. The van der Waals surface area contributed by atoms with Crippen molar-refractivity contribution in [3.05, 3.63) is 24.2 Å². The van der Waals surface area contributed by atoms with Gasteiger partial charge in [0.2, 0.25) is 0 Å². The van der Waals surface area contributed by atoms with E-state index in [1.807, 2.05) is 13.8 Å². The number of aliphatic hydroxyl groups excluding tert-OH is 1. The highest BCUT2D eigenvalue weighted by Crippen LogP contribution is 2.03. The summed E-state index contributed by atoms with van der Waals surface area (Å²) in [4.78, 5) is 22.7. The maximum atomic E-state index is 11.4. The van der Waals surface area contributed by atoms with Crippen LogP contribution in [0, 0.1) is 5.92 Å². The first kappa shape index (κ1) is 15.0. The molecule has 7 nitrogen and oxygen atoms in total. The number of rotatable bonds is 5.